The van der Waals surface area contributed by atoms with E-state index in [9.17, 15) is 0 Å². The summed E-state index contributed by atoms with van der Waals surface area (Å²) >= 11 is 0. The first kappa shape index (κ1) is 12.5. The summed E-state index contributed by atoms with van der Waals surface area (Å²) in [4.78, 5) is 11.2. The quantitative estimate of drug-likeness (QED) is 0.640. The van der Waals surface area contributed by atoms with Crippen molar-refractivity contribution < 1.29 is 15.0 Å². The molecule has 2 heterocycles. The fraction of sp³-hybridized carbons (Fsp3) is 0.875. The number of hydrogen-bond acceptors (Lipinski definition) is 2. The lowest BCUT2D eigenvalue weighted by molar-refractivity contribution is 0.137. The molecular weight excluding hydrogens is 194 g/mol. The predicted octanol–water partition coefficient (Wildman–Crippen LogP) is 1.89. The second-order valence-electron chi connectivity index (χ2n) is 3.26. The maximum Gasteiger partial charge on any atom is 0.503 e. The number of carbonyl (C=O) groups is 1. The standard InChI is InChI=1S/C7H13N.CH2O3.ClH/c1-3-7-4-2-6-8(7)5-1;2-1(3)4;/h7H,1-6H2;(H2,2,3,4);1H. The van der Waals surface area contributed by atoms with Crippen LogP contribution < -0.4 is 0 Å². The van der Waals surface area contributed by atoms with Crippen LogP contribution in [0.3, 0.4) is 0 Å². The van der Waals surface area contributed by atoms with Crippen molar-refractivity contribution in [3.63, 3.8) is 0 Å². The van der Waals surface area contributed by atoms with E-state index in [1.165, 1.54) is 38.8 Å². The average molecular weight is 210 g/mol. The van der Waals surface area contributed by atoms with E-state index in [1.807, 2.05) is 0 Å². The Kier molecular flexibility index (Phi) is 5.82. The first-order valence-corrected chi connectivity index (χ1v) is 4.36. The number of rotatable bonds is 0. The fourth-order valence-corrected chi connectivity index (χ4v) is 2.05. The van der Waals surface area contributed by atoms with Gasteiger partial charge in [-0.05, 0) is 38.8 Å². The third kappa shape index (κ3) is 4.33. The Hall–Kier alpha value is -0.480. The summed E-state index contributed by atoms with van der Waals surface area (Å²) < 4.78 is 0. The summed E-state index contributed by atoms with van der Waals surface area (Å²) in [7, 11) is 0. The van der Waals surface area contributed by atoms with E-state index < -0.39 is 6.16 Å². The topological polar surface area (TPSA) is 60.8 Å². The Morgan fingerprint density at radius 1 is 1.15 bits per heavy atom. The van der Waals surface area contributed by atoms with Crippen LogP contribution in [0.4, 0.5) is 4.79 Å². The molecule has 2 fully saturated rings. The van der Waals surface area contributed by atoms with E-state index in [0.29, 0.717) is 0 Å². The van der Waals surface area contributed by atoms with Crippen molar-refractivity contribution in [2.75, 3.05) is 13.1 Å². The van der Waals surface area contributed by atoms with Gasteiger partial charge in [0.05, 0.1) is 0 Å². The highest BCUT2D eigenvalue weighted by Gasteiger charge is 2.27. The molecule has 2 rings (SSSR count). The van der Waals surface area contributed by atoms with E-state index in [1.54, 1.807) is 0 Å². The first-order valence-electron chi connectivity index (χ1n) is 4.36. The average Bonchev–Trinajstić information content (AvgIpc) is 2.40. The lowest BCUT2D eigenvalue weighted by Gasteiger charge is -2.11. The van der Waals surface area contributed by atoms with Gasteiger partial charge in [0.1, 0.15) is 0 Å². The highest BCUT2D eigenvalue weighted by Crippen LogP contribution is 2.26. The van der Waals surface area contributed by atoms with Crippen LogP contribution in [-0.4, -0.2) is 40.4 Å². The molecule has 0 aliphatic carbocycles. The zero-order valence-corrected chi connectivity index (χ0v) is 8.29. The molecule has 0 radical (unpaired) electrons. The normalized spacial score (nSPS) is 21.2. The first-order chi connectivity index (χ1) is 5.70. The molecule has 0 saturated carbocycles. The Bertz CT molecular complexity index is 141. The zero-order chi connectivity index (χ0) is 8.97. The molecule has 2 aliphatic rings. The molecule has 2 N–H and O–H groups in total. The van der Waals surface area contributed by atoms with Crippen molar-refractivity contribution in [3.8, 4) is 0 Å². The van der Waals surface area contributed by atoms with Gasteiger partial charge in [-0.3, -0.25) is 0 Å². The van der Waals surface area contributed by atoms with Crippen LogP contribution in [0.1, 0.15) is 25.7 Å². The van der Waals surface area contributed by atoms with Crippen molar-refractivity contribution in [2.24, 2.45) is 0 Å². The van der Waals surface area contributed by atoms with Crippen LogP contribution in [0, 0.1) is 0 Å². The molecule has 2 aliphatic heterocycles. The third-order valence-electron chi connectivity index (χ3n) is 2.48. The summed E-state index contributed by atoms with van der Waals surface area (Å²) in [6.45, 7) is 2.79. The summed E-state index contributed by atoms with van der Waals surface area (Å²) in [5.74, 6) is 0. The van der Waals surface area contributed by atoms with Crippen LogP contribution in [0.2, 0.25) is 0 Å². The van der Waals surface area contributed by atoms with E-state index in [2.05, 4.69) is 4.90 Å². The third-order valence-corrected chi connectivity index (χ3v) is 2.48. The van der Waals surface area contributed by atoms with Gasteiger partial charge >= 0.3 is 6.16 Å². The van der Waals surface area contributed by atoms with Gasteiger partial charge in [-0.25, -0.2) is 4.79 Å². The molecule has 2 saturated heterocycles. The van der Waals surface area contributed by atoms with Crippen molar-refractivity contribution in [1.82, 2.24) is 4.90 Å². The highest BCUT2D eigenvalue weighted by atomic mass is 35.5. The molecule has 13 heavy (non-hydrogen) atoms. The summed E-state index contributed by atoms with van der Waals surface area (Å²) in [5, 5.41) is 13.9. The van der Waals surface area contributed by atoms with Gasteiger partial charge < -0.3 is 15.1 Å². The maximum atomic E-state index is 8.56. The largest absolute Gasteiger partial charge is 0.503 e. The van der Waals surface area contributed by atoms with Gasteiger partial charge in [0.2, 0.25) is 0 Å². The van der Waals surface area contributed by atoms with E-state index >= 15 is 0 Å². The van der Waals surface area contributed by atoms with Gasteiger partial charge in [-0.1, -0.05) is 0 Å². The fourth-order valence-electron chi connectivity index (χ4n) is 2.05. The predicted molar refractivity (Wildman–Crippen MR) is 51.7 cm³/mol. The van der Waals surface area contributed by atoms with E-state index in [0.717, 1.165) is 6.04 Å². The molecule has 0 aromatic rings. The highest BCUT2D eigenvalue weighted by molar-refractivity contribution is 5.85. The van der Waals surface area contributed by atoms with Gasteiger partial charge in [0, 0.05) is 6.04 Å². The van der Waals surface area contributed by atoms with Crippen LogP contribution in [0.25, 0.3) is 0 Å². The van der Waals surface area contributed by atoms with Crippen molar-refractivity contribution in [3.05, 3.63) is 0 Å². The van der Waals surface area contributed by atoms with Gasteiger partial charge in [0.15, 0.2) is 0 Å². The van der Waals surface area contributed by atoms with Gasteiger partial charge in [-0.15, -0.1) is 12.4 Å². The molecule has 0 atom stereocenters. The van der Waals surface area contributed by atoms with E-state index in [-0.39, 0.29) is 12.4 Å². The maximum absolute atomic E-state index is 8.56. The lowest BCUT2D eigenvalue weighted by Crippen LogP contribution is -2.21. The Labute approximate surface area is 84.0 Å². The number of hydrogen-bond donors (Lipinski definition) is 2. The molecule has 0 aromatic heterocycles. The van der Waals surface area contributed by atoms with Crippen LogP contribution in [-0.2, 0) is 0 Å². The van der Waals surface area contributed by atoms with Crippen molar-refractivity contribution in [2.45, 2.75) is 31.7 Å². The molecular formula is C8H16ClNO3. The number of fused-ring (bicyclic) bond motifs is 1. The summed E-state index contributed by atoms with van der Waals surface area (Å²) in [5.41, 5.74) is 0. The molecule has 4 nitrogen and oxygen atoms in total. The van der Waals surface area contributed by atoms with Crippen LogP contribution in [0.15, 0.2) is 0 Å². The zero-order valence-electron chi connectivity index (χ0n) is 7.48. The van der Waals surface area contributed by atoms with Crippen molar-refractivity contribution >= 4 is 18.6 Å². The smallest absolute Gasteiger partial charge is 0.450 e. The number of nitrogens with zero attached hydrogens (tertiary/aromatic N) is 1. The second kappa shape index (κ2) is 6.05. The molecule has 0 aromatic carbocycles. The Balaban J connectivity index is 0.000000256. The molecule has 0 spiro atoms. The molecule has 0 unspecified atom stereocenters. The minimum absolute atomic E-state index is 0. The Morgan fingerprint density at radius 3 is 1.85 bits per heavy atom. The van der Waals surface area contributed by atoms with E-state index in [4.69, 9.17) is 15.0 Å². The number of carboxylic acid groups (broad SMARTS) is 2. The lowest BCUT2D eigenvalue weighted by atomic mass is 10.2. The SMILES string of the molecule is C1CC2CCCN2C1.Cl.O=C(O)O. The summed E-state index contributed by atoms with van der Waals surface area (Å²) in [6, 6.07) is 1.01. The Morgan fingerprint density at radius 2 is 1.54 bits per heavy atom. The molecule has 78 valence electrons. The molecule has 0 amide bonds. The molecule has 5 heteroatoms. The minimum Gasteiger partial charge on any atom is -0.450 e. The minimum atomic E-state index is -1.83. The summed E-state index contributed by atoms with van der Waals surface area (Å²) in [6.07, 6.45) is 4.06. The monoisotopic (exact) mass is 209 g/mol. The second-order valence-corrected chi connectivity index (χ2v) is 3.26. The molecule has 0 bridgehead atoms. The van der Waals surface area contributed by atoms with Crippen LogP contribution in [0.5, 0.6) is 0 Å². The number of halogens is 1. The van der Waals surface area contributed by atoms with Gasteiger partial charge in [-0.2, -0.15) is 0 Å². The van der Waals surface area contributed by atoms with Gasteiger partial charge in [0.25, 0.3) is 0 Å². The van der Waals surface area contributed by atoms with Crippen LogP contribution >= 0.6 is 12.4 Å². The van der Waals surface area contributed by atoms with Crippen molar-refractivity contribution in [1.29, 1.82) is 0 Å².